The lowest BCUT2D eigenvalue weighted by Crippen LogP contribution is -2.47. The monoisotopic (exact) mass is 261 g/mol. The van der Waals surface area contributed by atoms with Gasteiger partial charge in [-0.15, -0.1) is 0 Å². The molecule has 1 saturated carbocycles. The average molecular weight is 261 g/mol. The maximum absolute atomic E-state index is 12.2. The fourth-order valence-electron chi connectivity index (χ4n) is 2.22. The molecule has 1 aromatic carbocycles. The van der Waals surface area contributed by atoms with Crippen LogP contribution in [0.25, 0.3) is 0 Å². The molecule has 104 valence electrons. The molecule has 0 radical (unpaired) electrons. The Morgan fingerprint density at radius 3 is 2.74 bits per heavy atom. The lowest BCUT2D eigenvalue weighted by atomic mass is 9.93. The van der Waals surface area contributed by atoms with Crippen LogP contribution in [0.2, 0.25) is 0 Å². The molecule has 1 fully saturated rings. The molecule has 19 heavy (non-hydrogen) atoms. The number of nitrogens with one attached hydrogen (secondary N) is 1. The normalized spacial score (nSPS) is 14.8. The number of urea groups is 1. The highest BCUT2D eigenvalue weighted by Crippen LogP contribution is 2.19. The molecule has 0 bridgehead atoms. The second-order valence-corrected chi connectivity index (χ2v) is 5.20. The van der Waals surface area contributed by atoms with Crippen LogP contribution in [0.5, 0.6) is 0 Å². The van der Waals surface area contributed by atoms with E-state index in [0.717, 1.165) is 37.1 Å². The molecule has 1 aliphatic rings. The van der Waals surface area contributed by atoms with Gasteiger partial charge < -0.3 is 16.0 Å². The number of amides is 2. The molecule has 0 atom stereocenters. The van der Waals surface area contributed by atoms with E-state index >= 15 is 0 Å². The van der Waals surface area contributed by atoms with Gasteiger partial charge in [0.05, 0.1) is 0 Å². The van der Waals surface area contributed by atoms with Crippen LogP contribution in [-0.2, 0) is 6.54 Å². The molecule has 1 aliphatic carbocycles. The number of rotatable bonds is 5. The van der Waals surface area contributed by atoms with Crippen molar-refractivity contribution >= 4 is 11.7 Å². The summed E-state index contributed by atoms with van der Waals surface area (Å²) in [5, 5.41) is 3.09. The van der Waals surface area contributed by atoms with Gasteiger partial charge in [0.25, 0.3) is 0 Å². The van der Waals surface area contributed by atoms with Crippen molar-refractivity contribution in [2.75, 3.05) is 12.3 Å². The topological polar surface area (TPSA) is 58.4 Å². The molecular formula is C15H23N3O. The quantitative estimate of drug-likeness (QED) is 0.801. The van der Waals surface area contributed by atoms with E-state index in [1.54, 1.807) is 0 Å². The first-order chi connectivity index (χ1) is 9.20. The van der Waals surface area contributed by atoms with Gasteiger partial charge in [0.2, 0.25) is 0 Å². The summed E-state index contributed by atoms with van der Waals surface area (Å²) in [6.45, 7) is 3.42. The van der Waals surface area contributed by atoms with Crippen molar-refractivity contribution < 1.29 is 4.79 Å². The van der Waals surface area contributed by atoms with E-state index in [2.05, 4.69) is 12.2 Å². The summed E-state index contributed by atoms with van der Waals surface area (Å²) in [7, 11) is 0. The molecule has 0 saturated heterocycles. The van der Waals surface area contributed by atoms with Gasteiger partial charge in [-0.1, -0.05) is 25.1 Å². The molecule has 0 heterocycles. The third kappa shape index (κ3) is 3.63. The van der Waals surface area contributed by atoms with Crippen LogP contribution in [0, 0.1) is 0 Å². The van der Waals surface area contributed by atoms with Crippen molar-refractivity contribution in [1.82, 2.24) is 10.2 Å². The number of nitrogens with two attached hydrogens (primary N) is 1. The van der Waals surface area contributed by atoms with Crippen LogP contribution < -0.4 is 11.1 Å². The van der Waals surface area contributed by atoms with Crippen molar-refractivity contribution in [3.8, 4) is 0 Å². The highest BCUT2D eigenvalue weighted by Gasteiger charge is 2.22. The summed E-state index contributed by atoms with van der Waals surface area (Å²) >= 11 is 0. The number of carbonyl (C=O) groups is 1. The minimum absolute atomic E-state index is 0.0369. The van der Waals surface area contributed by atoms with Crippen molar-refractivity contribution in [1.29, 1.82) is 0 Å². The third-order valence-corrected chi connectivity index (χ3v) is 3.63. The van der Waals surface area contributed by atoms with E-state index in [-0.39, 0.29) is 6.03 Å². The van der Waals surface area contributed by atoms with Crippen LogP contribution in [0.4, 0.5) is 10.5 Å². The Morgan fingerprint density at radius 1 is 1.42 bits per heavy atom. The zero-order valence-corrected chi connectivity index (χ0v) is 11.6. The van der Waals surface area contributed by atoms with Gasteiger partial charge in [0.15, 0.2) is 0 Å². The summed E-state index contributed by atoms with van der Waals surface area (Å²) < 4.78 is 0. The highest BCUT2D eigenvalue weighted by molar-refractivity contribution is 5.74. The van der Waals surface area contributed by atoms with Crippen LogP contribution >= 0.6 is 0 Å². The van der Waals surface area contributed by atoms with Crippen molar-refractivity contribution in [3.63, 3.8) is 0 Å². The van der Waals surface area contributed by atoms with E-state index in [9.17, 15) is 4.79 Å². The fourth-order valence-corrected chi connectivity index (χ4v) is 2.22. The van der Waals surface area contributed by atoms with Gasteiger partial charge in [-0.05, 0) is 37.3 Å². The number of para-hydroxylation sites is 1. The second kappa shape index (κ2) is 6.45. The van der Waals surface area contributed by atoms with Gasteiger partial charge in [0, 0.05) is 24.8 Å². The van der Waals surface area contributed by atoms with Crippen LogP contribution in [0.15, 0.2) is 24.3 Å². The highest BCUT2D eigenvalue weighted by atomic mass is 16.2. The summed E-state index contributed by atoms with van der Waals surface area (Å²) in [5.41, 5.74) is 7.71. The Bertz CT molecular complexity index is 429. The number of benzene rings is 1. The van der Waals surface area contributed by atoms with Crippen molar-refractivity contribution in [2.45, 2.75) is 45.2 Å². The Kier molecular flexibility index (Phi) is 4.66. The number of anilines is 1. The average Bonchev–Trinajstić information content (AvgIpc) is 2.35. The molecular weight excluding hydrogens is 238 g/mol. The maximum atomic E-state index is 12.2. The third-order valence-electron chi connectivity index (χ3n) is 3.63. The largest absolute Gasteiger partial charge is 0.398 e. The van der Waals surface area contributed by atoms with E-state index in [1.165, 1.54) is 6.42 Å². The molecule has 0 aromatic heterocycles. The predicted molar refractivity (Wildman–Crippen MR) is 77.7 cm³/mol. The minimum atomic E-state index is 0.0369. The molecule has 2 amide bonds. The smallest absolute Gasteiger partial charge is 0.317 e. The number of nitrogens with zero attached hydrogens (tertiary/aromatic N) is 1. The summed E-state index contributed by atoms with van der Waals surface area (Å²) in [6.07, 6.45) is 4.40. The molecule has 4 heteroatoms. The number of hydrogen-bond donors (Lipinski definition) is 2. The fraction of sp³-hybridized carbons (Fsp3) is 0.533. The SMILES string of the molecule is CCCN(Cc1ccccc1N)C(=O)NC1CCC1. The second-order valence-electron chi connectivity index (χ2n) is 5.20. The first-order valence-corrected chi connectivity index (χ1v) is 7.09. The van der Waals surface area contributed by atoms with E-state index in [0.29, 0.717) is 12.6 Å². The molecule has 4 nitrogen and oxygen atoms in total. The first-order valence-electron chi connectivity index (χ1n) is 7.09. The van der Waals surface area contributed by atoms with Gasteiger partial charge in [0.1, 0.15) is 0 Å². The predicted octanol–water partition coefficient (Wildman–Crippen LogP) is 2.74. The molecule has 1 aromatic rings. The Labute approximate surface area is 115 Å². The summed E-state index contributed by atoms with van der Waals surface area (Å²) in [6, 6.07) is 8.14. The Hall–Kier alpha value is -1.71. The molecule has 0 unspecified atom stereocenters. The van der Waals surface area contributed by atoms with Gasteiger partial charge in [-0.2, -0.15) is 0 Å². The molecule has 0 spiro atoms. The molecule has 0 aliphatic heterocycles. The van der Waals surface area contributed by atoms with Crippen LogP contribution in [-0.4, -0.2) is 23.5 Å². The summed E-state index contributed by atoms with van der Waals surface area (Å²) in [4.78, 5) is 14.1. The number of nitrogen functional groups attached to an aromatic ring is 1. The zero-order chi connectivity index (χ0) is 13.7. The van der Waals surface area contributed by atoms with Crippen LogP contribution in [0.1, 0.15) is 38.2 Å². The standard InChI is InChI=1S/C15H23N3O/c1-2-10-18(15(19)17-13-7-5-8-13)11-12-6-3-4-9-14(12)16/h3-4,6,9,13H,2,5,7-8,10-11,16H2,1H3,(H,17,19). The van der Waals surface area contributed by atoms with Crippen molar-refractivity contribution in [3.05, 3.63) is 29.8 Å². The number of carbonyl (C=O) groups excluding carboxylic acids is 1. The van der Waals surface area contributed by atoms with Gasteiger partial charge in [-0.3, -0.25) is 0 Å². The zero-order valence-electron chi connectivity index (χ0n) is 11.6. The minimum Gasteiger partial charge on any atom is -0.398 e. The summed E-state index contributed by atoms with van der Waals surface area (Å²) in [5.74, 6) is 0. The van der Waals surface area contributed by atoms with E-state index in [4.69, 9.17) is 5.73 Å². The van der Waals surface area contributed by atoms with Gasteiger partial charge >= 0.3 is 6.03 Å². The lowest BCUT2D eigenvalue weighted by molar-refractivity contribution is 0.184. The Morgan fingerprint density at radius 2 is 2.16 bits per heavy atom. The van der Waals surface area contributed by atoms with E-state index < -0.39 is 0 Å². The maximum Gasteiger partial charge on any atom is 0.317 e. The van der Waals surface area contributed by atoms with E-state index in [1.807, 2.05) is 29.2 Å². The number of hydrogen-bond acceptors (Lipinski definition) is 2. The van der Waals surface area contributed by atoms with Crippen molar-refractivity contribution in [2.24, 2.45) is 0 Å². The van der Waals surface area contributed by atoms with Gasteiger partial charge in [-0.25, -0.2) is 4.79 Å². The lowest BCUT2D eigenvalue weighted by Gasteiger charge is -2.30. The van der Waals surface area contributed by atoms with Crippen LogP contribution in [0.3, 0.4) is 0 Å². The first kappa shape index (κ1) is 13.7. The molecule has 3 N–H and O–H groups in total. The Balaban J connectivity index is 1.98. The molecule has 2 rings (SSSR count).